The van der Waals surface area contributed by atoms with Crippen LogP contribution in [0.15, 0.2) is 48.5 Å². The van der Waals surface area contributed by atoms with Crippen molar-refractivity contribution in [1.29, 1.82) is 5.26 Å². The Kier molecular flexibility index (Phi) is 4.92. The molecule has 0 saturated carbocycles. The van der Waals surface area contributed by atoms with Crippen molar-refractivity contribution in [3.63, 3.8) is 0 Å². The lowest BCUT2D eigenvalue weighted by Gasteiger charge is -2.03. The van der Waals surface area contributed by atoms with Crippen LogP contribution in [0.25, 0.3) is 10.6 Å². The van der Waals surface area contributed by atoms with E-state index < -0.39 is 0 Å². The van der Waals surface area contributed by atoms with Gasteiger partial charge in [0.25, 0.3) is 5.91 Å². The summed E-state index contributed by atoms with van der Waals surface area (Å²) in [5.74, 6) is -0.184. The Morgan fingerprint density at radius 1 is 1.16 bits per heavy atom. The average molecular weight is 347 g/mol. The first-order valence-electron chi connectivity index (χ1n) is 7.99. The first-order valence-corrected chi connectivity index (χ1v) is 8.80. The number of hydrogen-bond donors (Lipinski definition) is 1. The summed E-state index contributed by atoms with van der Waals surface area (Å²) in [6.07, 6.45) is 0.995. The van der Waals surface area contributed by atoms with Gasteiger partial charge in [0.05, 0.1) is 17.3 Å². The smallest absolute Gasteiger partial charge is 0.267 e. The fourth-order valence-electron chi connectivity index (χ4n) is 2.43. The number of benzene rings is 2. The summed E-state index contributed by atoms with van der Waals surface area (Å²) in [5.41, 5.74) is 4.22. The molecule has 1 aromatic heterocycles. The van der Waals surface area contributed by atoms with E-state index in [0.29, 0.717) is 21.8 Å². The molecule has 0 aliphatic heterocycles. The molecule has 1 amide bonds. The zero-order chi connectivity index (χ0) is 17.8. The van der Waals surface area contributed by atoms with E-state index in [0.717, 1.165) is 17.0 Å². The molecule has 0 fully saturated rings. The van der Waals surface area contributed by atoms with Crippen LogP contribution >= 0.6 is 11.3 Å². The van der Waals surface area contributed by atoms with Gasteiger partial charge in [-0.3, -0.25) is 4.79 Å². The zero-order valence-electron chi connectivity index (χ0n) is 14.0. The normalized spacial score (nSPS) is 10.3. The molecule has 25 heavy (non-hydrogen) atoms. The number of carbonyl (C=O) groups is 1. The summed E-state index contributed by atoms with van der Waals surface area (Å²) in [5, 5.41) is 12.5. The van der Waals surface area contributed by atoms with E-state index in [1.165, 1.54) is 16.9 Å². The third-order valence-electron chi connectivity index (χ3n) is 3.88. The molecule has 0 radical (unpaired) electrons. The number of carbonyl (C=O) groups excluding carboxylic acids is 1. The van der Waals surface area contributed by atoms with Crippen LogP contribution < -0.4 is 5.32 Å². The molecule has 5 heteroatoms. The largest absolute Gasteiger partial charge is 0.321 e. The number of rotatable bonds is 4. The van der Waals surface area contributed by atoms with Gasteiger partial charge >= 0.3 is 0 Å². The van der Waals surface area contributed by atoms with Gasteiger partial charge in [0, 0.05) is 11.3 Å². The maximum Gasteiger partial charge on any atom is 0.267 e. The molecule has 0 spiro atoms. The summed E-state index contributed by atoms with van der Waals surface area (Å²) < 4.78 is 0. The molecule has 2 aromatic carbocycles. The summed E-state index contributed by atoms with van der Waals surface area (Å²) in [6.45, 7) is 3.96. The van der Waals surface area contributed by atoms with Crippen molar-refractivity contribution in [1.82, 2.24) is 4.98 Å². The van der Waals surface area contributed by atoms with Crippen LogP contribution in [0.5, 0.6) is 0 Å². The number of amides is 1. The zero-order valence-corrected chi connectivity index (χ0v) is 14.9. The van der Waals surface area contributed by atoms with Crippen molar-refractivity contribution in [3.8, 4) is 16.6 Å². The third-order valence-corrected chi connectivity index (χ3v) is 5.09. The van der Waals surface area contributed by atoms with Gasteiger partial charge in [0.15, 0.2) is 0 Å². The second-order valence-corrected chi connectivity index (χ2v) is 6.63. The predicted molar refractivity (Wildman–Crippen MR) is 101 cm³/mol. The number of anilines is 1. The monoisotopic (exact) mass is 347 g/mol. The molecule has 0 bridgehead atoms. The number of thiazole rings is 1. The van der Waals surface area contributed by atoms with Gasteiger partial charge in [-0.25, -0.2) is 4.98 Å². The van der Waals surface area contributed by atoms with Crippen LogP contribution in [0.2, 0.25) is 0 Å². The first kappa shape index (κ1) is 16.9. The highest BCUT2D eigenvalue weighted by Crippen LogP contribution is 2.29. The standard InChI is InChI=1S/C20H17N3OS/c1-3-14-4-8-16(9-5-14)20-22-13(2)18(25-20)19(24)23-17-10-6-15(12-21)7-11-17/h4-11H,3H2,1-2H3,(H,23,24). The van der Waals surface area contributed by atoms with Crippen molar-refractivity contribution in [3.05, 3.63) is 70.2 Å². The Bertz CT molecular complexity index is 935. The molecule has 0 aliphatic rings. The number of aromatic nitrogens is 1. The molecule has 124 valence electrons. The Labute approximate surface area is 150 Å². The number of nitrogens with zero attached hydrogens (tertiary/aromatic N) is 2. The Morgan fingerprint density at radius 2 is 1.84 bits per heavy atom. The van der Waals surface area contributed by atoms with E-state index in [4.69, 9.17) is 5.26 Å². The lowest BCUT2D eigenvalue weighted by atomic mass is 10.1. The molecular formula is C20H17N3OS. The Balaban J connectivity index is 1.80. The van der Waals surface area contributed by atoms with Gasteiger partial charge in [0.2, 0.25) is 0 Å². The van der Waals surface area contributed by atoms with Crippen molar-refractivity contribution in [2.24, 2.45) is 0 Å². The minimum atomic E-state index is -0.184. The second kappa shape index (κ2) is 7.29. The molecule has 3 aromatic rings. The molecule has 0 atom stereocenters. The minimum absolute atomic E-state index is 0.184. The van der Waals surface area contributed by atoms with Crippen LogP contribution in [-0.4, -0.2) is 10.9 Å². The van der Waals surface area contributed by atoms with E-state index in [-0.39, 0.29) is 5.91 Å². The topological polar surface area (TPSA) is 65.8 Å². The predicted octanol–water partition coefficient (Wildman–Crippen LogP) is 4.80. The van der Waals surface area contributed by atoms with Crippen molar-refractivity contribution in [2.45, 2.75) is 20.3 Å². The number of aryl methyl sites for hydroxylation is 2. The maximum atomic E-state index is 12.5. The highest BCUT2D eigenvalue weighted by Gasteiger charge is 2.16. The fourth-order valence-corrected chi connectivity index (χ4v) is 3.40. The quantitative estimate of drug-likeness (QED) is 0.737. The van der Waals surface area contributed by atoms with E-state index in [9.17, 15) is 4.79 Å². The first-order chi connectivity index (χ1) is 12.1. The average Bonchev–Trinajstić information content (AvgIpc) is 3.04. The Hall–Kier alpha value is -2.97. The van der Waals surface area contributed by atoms with Crippen LogP contribution in [0, 0.1) is 18.3 Å². The molecule has 3 rings (SSSR count). The number of nitrogens with one attached hydrogen (secondary N) is 1. The molecule has 0 aliphatic carbocycles. The molecule has 0 unspecified atom stereocenters. The Morgan fingerprint density at radius 3 is 2.44 bits per heavy atom. The van der Waals surface area contributed by atoms with Gasteiger partial charge in [-0.05, 0) is 43.2 Å². The molecule has 1 N–H and O–H groups in total. The molecule has 0 saturated heterocycles. The van der Waals surface area contributed by atoms with E-state index >= 15 is 0 Å². The lowest BCUT2D eigenvalue weighted by molar-refractivity contribution is 0.103. The second-order valence-electron chi connectivity index (χ2n) is 5.63. The lowest BCUT2D eigenvalue weighted by Crippen LogP contribution is -2.11. The summed E-state index contributed by atoms with van der Waals surface area (Å²) in [6, 6.07) is 17.1. The summed E-state index contributed by atoms with van der Waals surface area (Å²) >= 11 is 1.39. The van der Waals surface area contributed by atoms with Crippen LogP contribution in [-0.2, 0) is 6.42 Å². The van der Waals surface area contributed by atoms with Crippen molar-refractivity contribution >= 4 is 22.9 Å². The fraction of sp³-hybridized carbons (Fsp3) is 0.150. The van der Waals surface area contributed by atoms with Crippen molar-refractivity contribution < 1.29 is 4.79 Å². The van der Waals surface area contributed by atoms with Gasteiger partial charge in [-0.15, -0.1) is 11.3 Å². The van der Waals surface area contributed by atoms with Crippen LogP contribution in [0.3, 0.4) is 0 Å². The highest BCUT2D eigenvalue weighted by molar-refractivity contribution is 7.17. The van der Waals surface area contributed by atoms with Gasteiger partial charge in [-0.2, -0.15) is 5.26 Å². The van der Waals surface area contributed by atoms with Gasteiger partial charge in [-0.1, -0.05) is 31.2 Å². The van der Waals surface area contributed by atoms with E-state index in [1.807, 2.05) is 19.1 Å². The van der Waals surface area contributed by atoms with Crippen LogP contribution in [0.4, 0.5) is 5.69 Å². The number of hydrogen-bond acceptors (Lipinski definition) is 4. The van der Waals surface area contributed by atoms with Crippen molar-refractivity contribution in [2.75, 3.05) is 5.32 Å². The van der Waals surface area contributed by atoms with Crippen LogP contribution in [0.1, 0.15) is 33.4 Å². The molecule has 1 heterocycles. The number of nitriles is 1. The van der Waals surface area contributed by atoms with E-state index in [2.05, 4.69) is 35.4 Å². The molecular weight excluding hydrogens is 330 g/mol. The van der Waals surface area contributed by atoms with Gasteiger partial charge < -0.3 is 5.32 Å². The SMILES string of the molecule is CCc1ccc(-c2nc(C)c(C(=O)Nc3ccc(C#N)cc3)s2)cc1. The third kappa shape index (κ3) is 3.76. The van der Waals surface area contributed by atoms with Gasteiger partial charge in [0.1, 0.15) is 9.88 Å². The maximum absolute atomic E-state index is 12.5. The van der Waals surface area contributed by atoms with E-state index in [1.54, 1.807) is 24.3 Å². The minimum Gasteiger partial charge on any atom is -0.321 e. The molecule has 4 nitrogen and oxygen atoms in total. The summed E-state index contributed by atoms with van der Waals surface area (Å²) in [7, 11) is 0. The summed E-state index contributed by atoms with van der Waals surface area (Å²) in [4.78, 5) is 17.7. The highest BCUT2D eigenvalue weighted by atomic mass is 32.1.